The third-order valence-corrected chi connectivity index (χ3v) is 3.46. The number of hydrogen-bond donors (Lipinski definition) is 1. The molecule has 112 valence electrons. The van der Waals surface area contributed by atoms with Gasteiger partial charge in [0.05, 0.1) is 6.61 Å². The van der Waals surface area contributed by atoms with E-state index in [-0.39, 0.29) is 17.7 Å². The van der Waals surface area contributed by atoms with Crippen LogP contribution in [0, 0.1) is 5.92 Å². The molecule has 20 heavy (non-hydrogen) atoms. The minimum Gasteiger partial charge on any atom is -0.405 e. The van der Waals surface area contributed by atoms with Crippen LogP contribution in [-0.4, -0.2) is 26.6 Å². The van der Waals surface area contributed by atoms with Crippen molar-refractivity contribution in [2.24, 2.45) is 5.92 Å². The third kappa shape index (κ3) is 3.86. The van der Waals surface area contributed by atoms with Gasteiger partial charge < -0.3 is 14.8 Å². The zero-order valence-electron chi connectivity index (χ0n) is 11.2. The Morgan fingerprint density at radius 1 is 1.35 bits per heavy atom. The van der Waals surface area contributed by atoms with E-state index in [0.717, 1.165) is 12.8 Å². The van der Waals surface area contributed by atoms with Gasteiger partial charge in [-0.2, -0.15) is 0 Å². The SMILES string of the molecule is CNC(c1ccccc1OC(F)(F)F)C1CCCOC1. The summed E-state index contributed by atoms with van der Waals surface area (Å²) in [7, 11) is 1.74. The summed E-state index contributed by atoms with van der Waals surface area (Å²) in [5.41, 5.74) is 0.517. The maximum atomic E-state index is 12.5. The quantitative estimate of drug-likeness (QED) is 0.922. The molecule has 0 aliphatic carbocycles. The molecule has 1 heterocycles. The maximum Gasteiger partial charge on any atom is 0.573 e. The van der Waals surface area contributed by atoms with Crippen molar-refractivity contribution in [2.75, 3.05) is 20.3 Å². The topological polar surface area (TPSA) is 30.5 Å². The predicted octanol–water partition coefficient (Wildman–Crippen LogP) is 3.27. The Hall–Kier alpha value is -1.27. The summed E-state index contributed by atoms with van der Waals surface area (Å²) < 4.78 is 46.9. The van der Waals surface area contributed by atoms with Crippen LogP contribution in [0.4, 0.5) is 13.2 Å². The van der Waals surface area contributed by atoms with Crippen molar-refractivity contribution in [3.05, 3.63) is 29.8 Å². The van der Waals surface area contributed by atoms with Gasteiger partial charge in [0.15, 0.2) is 0 Å². The molecule has 1 aliphatic rings. The van der Waals surface area contributed by atoms with Crippen molar-refractivity contribution in [2.45, 2.75) is 25.2 Å². The Morgan fingerprint density at radius 2 is 2.10 bits per heavy atom. The van der Waals surface area contributed by atoms with E-state index < -0.39 is 6.36 Å². The molecule has 1 aromatic rings. The van der Waals surface area contributed by atoms with Gasteiger partial charge in [0.2, 0.25) is 0 Å². The van der Waals surface area contributed by atoms with Crippen molar-refractivity contribution in [1.29, 1.82) is 0 Å². The van der Waals surface area contributed by atoms with Crippen LogP contribution in [0.25, 0.3) is 0 Å². The molecule has 2 rings (SSSR count). The van der Waals surface area contributed by atoms with E-state index in [0.29, 0.717) is 18.8 Å². The Bertz CT molecular complexity index is 431. The second-order valence-corrected chi connectivity index (χ2v) is 4.83. The smallest absolute Gasteiger partial charge is 0.405 e. The average Bonchev–Trinajstić information content (AvgIpc) is 2.41. The number of para-hydroxylation sites is 1. The minimum absolute atomic E-state index is 0.145. The van der Waals surface area contributed by atoms with Crippen molar-refractivity contribution >= 4 is 0 Å². The van der Waals surface area contributed by atoms with Gasteiger partial charge in [-0.15, -0.1) is 13.2 Å². The third-order valence-electron chi connectivity index (χ3n) is 3.46. The highest BCUT2D eigenvalue weighted by Crippen LogP contribution is 2.36. The van der Waals surface area contributed by atoms with Gasteiger partial charge in [-0.3, -0.25) is 0 Å². The van der Waals surface area contributed by atoms with Gasteiger partial charge >= 0.3 is 6.36 Å². The van der Waals surface area contributed by atoms with Crippen LogP contribution in [-0.2, 0) is 4.74 Å². The lowest BCUT2D eigenvalue weighted by atomic mass is 9.88. The van der Waals surface area contributed by atoms with Crippen LogP contribution in [0.2, 0.25) is 0 Å². The maximum absolute atomic E-state index is 12.5. The number of hydrogen-bond acceptors (Lipinski definition) is 3. The van der Waals surface area contributed by atoms with Crippen molar-refractivity contribution in [3.63, 3.8) is 0 Å². The van der Waals surface area contributed by atoms with E-state index in [1.807, 2.05) is 0 Å². The molecule has 3 nitrogen and oxygen atoms in total. The first-order valence-corrected chi connectivity index (χ1v) is 6.61. The molecule has 2 atom stereocenters. The highest BCUT2D eigenvalue weighted by molar-refractivity contribution is 5.36. The summed E-state index contributed by atoms with van der Waals surface area (Å²) in [5, 5.41) is 3.09. The Labute approximate surface area is 116 Å². The molecule has 1 N–H and O–H groups in total. The van der Waals surface area contributed by atoms with Gasteiger partial charge in [0.25, 0.3) is 0 Å². The van der Waals surface area contributed by atoms with E-state index in [2.05, 4.69) is 10.1 Å². The summed E-state index contributed by atoms with van der Waals surface area (Å²) in [5.74, 6) is -0.00310. The van der Waals surface area contributed by atoms with E-state index in [1.165, 1.54) is 12.1 Å². The number of ether oxygens (including phenoxy) is 2. The lowest BCUT2D eigenvalue weighted by Crippen LogP contribution is -2.32. The molecular formula is C14H18F3NO2. The van der Waals surface area contributed by atoms with Crippen LogP contribution in [0.5, 0.6) is 5.75 Å². The molecule has 6 heteroatoms. The fraction of sp³-hybridized carbons (Fsp3) is 0.571. The van der Waals surface area contributed by atoms with Crippen LogP contribution in [0.3, 0.4) is 0 Å². The highest BCUT2D eigenvalue weighted by Gasteiger charge is 2.34. The molecule has 1 aromatic carbocycles. The standard InChI is InChI=1S/C14H18F3NO2/c1-18-13(10-5-4-8-19-9-10)11-6-2-3-7-12(11)20-14(15,16)17/h2-3,6-7,10,13,18H,4-5,8-9H2,1H3. The first-order valence-electron chi connectivity index (χ1n) is 6.61. The molecule has 0 aromatic heterocycles. The van der Waals surface area contributed by atoms with E-state index in [9.17, 15) is 13.2 Å². The molecular weight excluding hydrogens is 271 g/mol. The average molecular weight is 289 g/mol. The first-order chi connectivity index (χ1) is 9.51. The Kier molecular flexibility index (Phi) is 4.88. The van der Waals surface area contributed by atoms with E-state index in [1.54, 1.807) is 19.2 Å². The van der Waals surface area contributed by atoms with Crippen LogP contribution in [0.15, 0.2) is 24.3 Å². The largest absolute Gasteiger partial charge is 0.573 e. The highest BCUT2D eigenvalue weighted by atomic mass is 19.4. The van der Waals surface area contributed by atoms with Gasteiger partial charge in [0, 0.05) is 24.1 Å². The number of alkyl halides is 3. The second-order valence-electron chi connectivity index (χ2n) is 4.83. The molecule has 0 bridgehead atoms. The zero-order valence-corrected chi connectivity index (χ0v) is 11.2. The number of halogens is 3. The zero-order chi connectivity index (χ0) is 14.6. The fourth-order valence-electron chi connectivity index (χ4n) is 2.63. The molecule has 0 spiro atoms. The monoisotopic (exact) mass is 289 g/mol. The summed E-state index contributed by atoms with van der Waals surface area (Å²) in [4.78, 5) is 0. The summed E-state index contributed by atoms with van der Waals surface area (Å²) in [6.07, 6.45) is -2.84. The predicted molar refractivity (Wildman–Crippen MR) is 68.5 cm³/mol. The van der Waals surface area contributed by atoms with Crippen LogP contribution in [0.1, 0.15) is 24.4 Å². The van der Waals surface area contributed by atoms with Crippen LogP contribution >= 0.6 is 0 Å². The van der Waals surface area contributed by atoms with E-state index >= 15 is 0 Å². The lowest BCUT2D eigenvalue weighted by molar-refractivity contribution is -0.275. The second kappa shape index (κ2) is 6.45. The van der Waals surface area contributed by atoms with Gasteiger partial charge in [-0.1, -0.05) is 18.2 Å². The lowest BCUT2D eigenvalue weighted by Gasteiger charge is -2.31. The summed E-state index contributed by atoms with van der Waals surface area (Å²) in [6, 6.07) is 6.04. The first kappa shape index (κ1) is 15.1. The molecule has 1 fully saturated rings. The van der Waals surface area contributed by atoms with Crippen molar-refractivity contribution in [3.8, 4) is 5.75 Å². The summed E-state index contributed by atoms with van der Waals surface area (Å²) in [6.45, 7) is 1.26. The van der Waals surface area contributed by atoms with E-state index in [4.69, 9.17) is 4.74 Å². The van der Waals surface area contributed by atoms with Gasteiger partial charge in [0.1, 0.15) is 5.75 Å². The molecule has 1 saturated heterocycles. The normalized spacial score (nSPS) is 21.5. The van der Waals surface area contributed by atoms with Crippen molar-refractivity contribution < 1.29 is 22.6 Å². The summed E-state index contributed by atoms with van der Waals surface area (Å²) >= 11 is 0. The minimum atomic E-state index is -4.68. The number of nitrogens with one attached hydrogen (secondary N) is 1. The molecule has 1 aliphatic heterocycles. The fourth-order valence-corrected chi connectivity index (χ4v) is 2.63. The number of rotatable bonds is 4. The van der Waals surface area contributed by atoms with Gasteiger partial charge in [-0.25, -0.2) is 0 Å². The molecule has 0 radical (unpaired) electrons. The number of benzene rings is 1. The molecule has 0 amide bonds. The molecule has 0 saturated carbocycles. The van der Waals surface area contributed by atoms with Crippen LogP contribution < -0.4 is 10.1 Å². The Morgan fingerprint density at radius 3 is 2.70 bits per heavy atom. The molecule has 2 unspecified atom stereocenters. The van der Waals surface area contributed by atoms with Crippen molar-refractivity contribution in [1.82, 2.24) is 5.32 Å². The Balaban J connectivity index is 2.24. The van der Waals surface area contributed by atoms with Gasteiger partial charge in [-0.05, 0) is 26.0 Å².